The number of hydrogen-bond acceptors (Lipinski definition) is 2. The quantitative estimate of drug-likeness (QED) is 0.644. The second-order valence-electron chi connectivity index (χ2n) is 7.57. The molecule has 3 aromatic rings. The molecule has 0 spiro atoms. The molecule has 0 fully saturated rings. The van der Waals surface area contributed by atoms with Gasteiger partial charge in [0.2, 0.25) is 5.91 Å². The van der Waals surface area contributed by atoms with E-state index < -0.39 is 5.92 Å². The standard InChI is InChI=1S/C23H23F2N3O/c1-15-5-4-12-28-21(14-26-23(15)28)19(18-6-2-3-7-20(18)25)13-22(29)27-17-10-8-16(24)9-11-17/h2-3,6-11,14-15,19H,4-5,12-13H2,1H3,(H,27,29)/t15-,19-/m1/s1. The molecule has 1 N–H and O–H groups in total. The number of halogens is 2. The number of fused-ring (bicyclic) bond motifs is 1. The summed E-state index contributed by atoms with van der Waals surface area (Å²) in [5, 5.41) is 2.78. The predicted octanol–water partition coefficient (Wildman–Crippen LogP) is 5.22. The molecule has 4 nitrogen and oxygen atoms in total. The van der Waals surface area contributed by atoms with Crippen molar-refractivity contribution in [2.45, 2.75) is 44.6 Å². The van der Waals surface area contributed by atoms with E-state index in [0.29, 0.717) is 17.2 Å². The van der Waals surface area contributed by atoms with Gasteiger partial charge in [0.15, 0.2) is 0 Å². The third-order valence-electron chi connectivity index (χ3n) is 5.53. The van der Waals surface area contributed by atoms with Crippen LogP contribution in [0, 0.1) is 11.6 Å². The van der Waals surface area contributed by atoms with Gasteiger partial charge >= 0.3 is 0 Å². The highest BCUT2D eigenvalue weighted by Crippen LogP contribution is 2.35. The van der Waals surface area contributed by atoms with Crippen LogP contribution >= 0.6 is 0 Å². The molecule has 29 heavy (non-hydrogen) atoms. The number of amides is 1. The summed E-state index contributed by atoms with van der Waals surface area (Å²) >= 11 is 0. The third-order valence-corrected chi connectivity index (χ3v) is 5.53. The van der Waals surface area contributed by atoms with Crippen molar-refractivity contribution in [3.05, 3.63) is 83.4 Å². The maximum atomic E-state index is 14.7. The van der Waals surface area contributed by atoms with Crippen molar-refractivity contribution < 1.29 is 13.6 Å². The average molecular weight is 395 g/mol. The minimum atomic E-state index is -0.455. The van der Waals surface area contributed by atoms with Crippen LogP contribution in [0.25, 0.3) is 0 Å². The summed E-state index contributed by atoms with van der Waals surface area (Å²) in [6.07, 6.45) is 3.95. The number of rotatable bonds is 5. The summed E-state index contributed by atoms with van der Waals surface area (Å²) in [6, 6.07) is 12.1. The maximum absolute atomic E-state index is 14.7. The Hall–Kier alpha value is -3.02. The lowest BCUT2D eigenvalue weighted by Gasteiger charge is -2.25. The van der Waals surface area contributed by atoms with Gasteiger partial charge in [0.1, 0.15) is 17.5 Å². The molecule has 2 atom stereocenters. The Labute approximate surface area is 168 Å². The van der Waals surface area contributed by atoms with Gasteiger partial charge in [0.05, 0.1) is 0 Å². The second kappa shape index (κ2) is 8.15. The van der Waals surface area contributed by atoms with Gasteiger partial charge in [-0.3, -0.25) is 4.79 Å². The van der Waals surface area contributed by atoms with Gasteiger partial charge in [-0.25, -0.2) is 13.8 Å². The van der Waals surface area contributed by atoms with Gasteiger partial charge in [-0.1, -0.05) is 25.1 Å². The van der Waals surface area contributed by atoms with Crippen LogP contribution in [-0.2, 0) is 11.3 Å². The highest BCUT2D eigenvalue weighted by atomic mass is 19.1. The Morgan fingerprint density at radius 1 is 1.21 bits per heavy atom. The summed E-state index contributed by atoms with van der Waals surface area (Å²) in [7, 11) is 0. The monoisotopic (exact) mass is 395 g/mol. The molecule has 6 heteroatoms. The zero-order valence-corrected chi connectivity index (χ0v) is 16.2. The van der Waals surface area contributed by atoms with E-state index in [4.69, 9.17) is 0 Å². The topological polar surface area (TPSA) is 46.9 Å². The smallest absolute Gasteiger partial charge is 0.225 e. The fraction of sp³-hybridized carbons (Fsp3) is 0.304. The van der Waals surface area contributed by atoms with Crippen LogP contribution in [0.1, 0.15) is 55.1 Å². The number of carbonyl (C=O) groups excluding carboxylic acids is 1. The zero-order chi connectivity index (χ0) is 20.4. The van der Waals surface area contributed by atoms with Gasteiger partial charge in [-0.2, -0.15) is 0 Å². The molecule has 0 saturated heterocycles. The molecule has 1 aromatic heterocycles. The highest BCUT2D eigenvalue weighted by Gasteiger charge is 2.28. The first kappa shape index (κ1) is 19.3. The number of hydrogen-bond donors (Lipinski definition) is 1. The SMILES string of the molecule is C[C@@H]1CCCn2c([C@H](CC(=O)Nc3ccc(F)cc3)c3ccccc3F)cnc21. The maximum Gasteiger partial charge on any atom is 0.225 e. The molecular weight excluding hydrogens is 372 g/mol. The summed E-state index contributed by atoms with van der Waals surface area (Å²) < 4.78 is 29.9. The van der Waals surface area contributed by atoms with E-state index >= 15 is 0 Å². The van der Waals surface area contributed by atoms with E-state index in [9.17, 15) is 13.6 Å². The van der Waals surface area contributed by atoms with Gasteiger partial charge in [0.25, 0.3) is 0 Å². The largest absolute Gasteiger partial charge is 0.331 e. The van der Waals surface area contributed by atoms with Gasteiger partial charge in [0, 0.05) is 42.4 Å². The molecular formula is C23H23F2N3O. The third kappa shape index (κ3) is 4.06. The molecule has 0 aliphatic carbocycles. The van der Waals surface area contributed by atoms with E-state index in [-0.39, 0.29) is 24.0 Å². The van der Waals surface area contributed by atoms with E-state index in [1.807, 2.05) is 0 Å². The lowest BCUT2D eigenvalue weighted by molar-refractivity contribution is -0.116. The van der Waals surface area contributed by atoms with Crippen molar-refractivity contribution in [2.24, 2.45) is 0 Å². The van der Waals surface area contributed by atoms with Crippen molar-refractivity contribution >= 4 is 11.6 Å². The fourth-order valence-electron chi connectivity index (χ4n) is 4.07. The first-order chi connectivity index (χ1) is 14.0. The van der Waals surface area contributed by atoms with Crippen LogP contribution < -0.4 is 5.32 Å². The number of aromatic nitrogens is 2. The summed E-state index contributed by atoms with van der Waals surface area (Å²) in [5.74, 6) is -0.0930. The minimum absolute atomic E-state index is 0.0673. The molecule has 0 unspecified atom stereocenters. The number of benzene rings is 2. The average Bonchev–Trinajstić information content (AvgIpc) is 3.14. The van der Waals surface area contributed by atoms with Crippen LogP contribution in [0.5, 0.6) is 0 Å². The van der Waals surface area contributed by atoms with Crippen LogP contribution in [-0.4, -0.2) is 15.5 Å². The Morgan fingerprint density at radius 3 is 2.72 bits per heavy atom. The van der Waals surface area contributed by atoms with Crippen LogP contribution in [0.15, 0.2) is 54.7 Å². The number of anilines is 1. The van der Waals surface area contributed by atoms with Crippen molar-refractivity contribution in [1.82, 2.24) is 9.55 Å². The number of nitrogens with one attached hydrogen (secondary N) is 1. The molecule has 2 aromatic carbocycles. The van der Waals surface area contributed by atoms with Crippen LogP contribution in [0.3, 0.4) is 0 Å². The molecule has 0 bridgehead atoms. The van der Waals surface area contributed by atoms with Crippen LogP contribution in [0.2, 0.25) is 0 Å². The molecule has 0 saturated carbocycles. The van der Waals surface area contributed by atoms with Crippen molar-refractivity contribution in [1.29, 1.82) is 0 Å². The molecule has 0 radical (unpaired) electrons. The van der Waals surface area contributed by atoms with Crippen molar-refractivity contribution in [2.75, 3.05) is 5.32 Å². The summed E-state index contributed by atoms with van der Waals surface area (Å²) in [4.78, 5) is 17.3. The molecule has 150 valence electrons. The fourth-order valence-corrected chi connectivity index (χ4v) is 4.07. The lowest BCUT2D eigenvalue weighted by Crippen LogP contribution is -2.22. The van der Waals surface area contributed by atoms with E-state index in [1.165, 1.54) is 30.3 Å². The number of carbonyl (C=O) groups is 1. The minimum Gasteiger partial charge on any atom is -0.331 e. The van der Waals surface area contributed by atoms with E-state index in [0.717, 1.165) is 30.9 Å². The molecule has 1 aliphatic rings. The van der Waals surface area contributed by atoms with Crippen LogP contribution in [0.4, 0.5) is 14.5 Å². The second-order valence-corrected chi connectivity index (χ2v) is 7.57. The highest BCUT2D eigenvalue weighted by molar-refractivity contribution is 5.91. The normalized spacial score (nSPS) is 16.9. The predicted molar refractivity (Wildman–Crippen MR) is 108 cm³/mol. The first-order valence-corrected chi connectivity index (χ1v) is 9.88. The zero-order valence-electron chi connectivity index (χ0n) is 16.2. The molecule has 4 rings (SSSR count). The first-order valence-electron chi connectivity index (χ1n) is 9.88. The van der Waals surface area contributed by atoms with E-state index in [1.54, 1.807) is 24.4 Å². The Morgan fingerprint density at radius 2 is 1.97 bits per heavy atom. The molecule has 1 amide bonds. The van der Waals surface area contributed by atoms with E-state index in [2.05, 4.69) is 21.8 Å². The van der Waals surface area contributed by atoms with Crippen molar-refractivity contribution in [3.8, 4) is 0 Å². The Kier molecular flexibility index (Phi) is 5.43. The molecule has 2 heterocycles. The Balaban J connectivity index is 1.66. The Bertz CT molecular complexity index is 1010. The number of nitrogens with zero attached hydrogens (tertiary/aromatic N) is 2. The summed E-state index contributed by atoms with van der Waals surface area (Å²) in [5.41, 5.74) is 1.83. The summed E-state index contributed by atoms with van der Waals surface area (Å²) in [6.45, 7) is 2.96. The van der Waals surface area contributed by atoms with Gasteiger partial charge in [-0.15, -0.1) is 0 Å². The van der Waals surface area contributed by atoms with Crippen molar-refractivity contribution in [3.63, 3.8) is 0 Å². The lowest BCUT2D eigenvalue weighted by atomic mass is 9.91. The number of imidazole rings is 1. The molecule has 1 aliphatic heterocycles. The van der Waals surface area contributed by atoms with Gasteiger partial charge < -0.3 is 9.88 Å². The van der Waals surface area contributed by atoms with Gasteiger partial charge in [-0.05, 0) is 48.7 Å².